The lowest BCUT2D eigenvalue weighted by molar-refractivity contribution is -0.384. The molecular formula is C19H19N3O6. The van der Waals surface area contributed by atoms with Crippen LogP contribution < -0.4 is 4.90 Å². The van der Waals surface area contributed by atoms with E-state index < -0.39 is 23.0 Å². The molecule has 146 valence electrons. The summed E-state index contributed by atoms with van der Waals surface area (Å²) in [4.78, 5) is 37.6. The highest BCUT2D eigenvalue weighted by Gasteiger charge is 2.37. The number of aliphatic carboxylic acids is 1. The summed E-state index contributed by atoms with van der Waals surface area (Å²) in [5.41, 5.74) is 1.02. The van der Waals surface area contributed by atoms with E-state index >= 15 is 0 Å². The zero-order valence-corrected chi connectivity index (χ0v) is 14.9. The van der Waals surface area contributed by atoms with Crippen molar-refractivity contribution in [1.29, 1.82) is 0 Å². The molecule has 1 amide bonds. The number of rotatable bonds is 5. The van der Waals surface area contributed by atoms with Gasteiger partial charge in [0.15, 0.2) is 0 Å². The Morgan fingerprint density at radius 1 is 1.11 bits per heavy atom. The van der Waals surface area contributed by atoms with Gasteiger partial charge in [0.1, 0.15) is 18.3 Å². The lowest BCUT2D eigenvalue weighted by atomic mass is 10.1. The third-order valence-electron chi connectivity index (χ3n) is 4.52. The molecule has 9 heteroatoms. The largest absolute Gasteiger partial charge is 0.480 e. The van der Waals surface area contributed by atoms with Gasteiger partial charge in [0, 0.05) is 25.7 Å². The number of hydrogen-bond donors (Lipinski definition) is 1. The summed E-state index contributed by atoms with van der Waals surface area (Å²) >= 11 is 0. The number of nitro benzene ring substituents is 1. The van der Waals surface area contributed by atoms with Gasteiger partial charge in [-0.2, -0.15) is 0 Å². The summed E-state index contributed by atoms with van der Waals surface area (Å²) in [6.07, 6.45) is -0.724. The van der Waals surface area contributed by atoms with Crippen LogP contribution in [0, 0.1) is 10.1 Å². The van der Waals surface area contributed by atoms with Gasteiger partial charge >= 0.3 is 12.1 Å². The number of amides is 1. The topological polar surface area (TPSA) is 113 Å². The number of nitro groups is 1. The Kier molecular flexibility index (Phi) is 5.73. The second kappa shape index (κ2) is 8.38. The molecule has 0 aliphatic carbocycles. The molecule has 9 nitrogen and oxygen atoms in total. The zero-order chi connectivity index (χ0) is 20.1. The molecule has 1 N–H and O–H groups in total. The molecule has 3 rings (SSSR count). The normalized spacial score (nSPS) is 16.5. The smallest absolute Gasteiger partial charge is 0.410 e. The molecule has 2 aromatic rings. The minimum absolute atomic E-state index is 0.0381. The molecule has 1 atom stereocenters. The minimum atomic E-state index is -1.19. The van der Waals surface area contributed by atoms with Crippen molar-refractivity contribution in [2.24, 2.45) is 0 Å². The van der Waals surface area contributed by atoms with Gasteiger partial charge in [0.25, 0.3) is 5.69 Å². The maximum Gasteiger partial charge on any atom is 0.410 e. The molecule has 1 saturated heterocycles. The Hall–Kier alpha value is -3.62. The first-order valence-electron chi connectivity index (χ1n) is 8.66. The highest BCUT2D eigenvalue weighted by atomic mass is 16.6. The van der Waals surface area contributed by atoms with E-state index in [1.807, 2.05) is 18.2 Å². The molecule has 1 aliphatic rings. The van der Waals surface area contributed by atoms with Gasteiger partial charge < -0.3 is 14.7 Å². The monoisotopic (exact) mass is 385 g/mol. The number of anilines is 1. The first-order chi connectivity index (χ1) is 13.5. The number of piperazine rings is 1. The molecule has 1 heterocycles. The standard InChI is InChI=1S/C19H19N3O6/c23-18(24)17-12-20(15-8-4-5-9-16(15)22(26)27)10-11-21(17)19(25)28-13-14-6-2-1-3-7-14/h1-9,17H,10-13H2,(H,23,24). The number of carboxylic acid groups (broad SMARTS) is 1. The summed E-state index contributed by atoms with van der Waals surface area (Å²) < 4.78 is 5.25. The Balaban J connectivity index is 1.72. The van der Waals surface area contributed by atoms with Crippen LogP contribution in [0.2, 0.25) is 0 Å². The molecule has 2 aromatic carbocycles. The third-order valence-corrected chi connectivity index (χ3v) is 4.52. The van der Waals surface area contributed by atoms with Crippen molar-refractivity contribution in [1.82, 2.24) is 4.90 Å². The SMILES string of the molecule is O=C(O)C1CN(c2ccccc2[N+](=O)[O-])CCN1C(=O)OCc1ccccc1. The Labute approximate surface area is 160 Å². The van der Waals surface area contributed by atoms with Crippen molar-refractivity contribution in [3.63, 3.8) is 0 Å². The summed E-state index contributed by atoms with van der Waals surface area (Å²) in [5, 5.41) is 20.8. The highest BCUT2D eigenvalue weighted by Crippen LogP contribution is 2.29. The lowest BCUT2D eigenvalue weighted by Gasteiger charge is -2.39. The van der Waals surface area contributed by atoms with Crippen molar-refractivity contribution in [3.8, 4) is 0 Å². The molecule has 1 aliphatic heterocycles. The van der Waals surface area contributed by atoms with Crippen LogP contribution in [-0.4, -0.2) is 52.7 Å². The average Bonchev–Trinajstić information content (AvgIpc) is 2.72. The van der Waals surface area contributed by atoms with Crippen LogP contribution in [0.15, 0.2) is 54.6 Å². The second-order valence-corrected chi connectivity index (χ2v) is 6.28. The van der Waals surface area contributed by atoms with Crippen LogP contribution in [0.3, 0.4) is 0 Å². The molecular weight excluding hydrogens is 366 g/mol. The van der Waals surface area contributed by atoms with Crippen molar-refractivity contribution >= 4 is 23.4 Å². The van der Waals surface area contributed by atoms with Crippen LogP contribution in [0.5, 0.6) is 0 Å². The molecule has 28 heavy (non-hydrogen) atoms. The Morgan fingerprint density at radius 3 is 2.46 bits per heavy atom. The van der Waals surface area contributed by atoms with Gasteiger partial charge in [-0.15, -0.1) is 0 Å². The van der Waals surface area contributed by atoms with Crippen molar-refractivity contribution in [2.45, 2.75) is 12.6 Å². The van der Waals surface area contributed by atoms with Gasteiger partial charge in [-0.05, 0) is 11.6 Å². The van der Waals surface area contributed by atoms with Crippen LogP contribution >= 0.6 is 0 Å². The van der Waals surface area contributed by atoms with Gasteiger partial charge in [-0.25, -0.2) is 9.59 Å². The Morgan fingerprint density at radius 2 is 1.79 bits per heavy atom. The van der Waals surface area contributed by atoms with E-state index in [4.69, 9.17) is 4.74 Å². The molecule has 0 radical (unpaired) electrons. The number of carbonyl (C=O) groups excluding carboxylic acids is 1. The molecule has 0 saturated carbocycles. The zero-order valence-electron chi connectivity index (χ0n) is 14.9. The lowest BCUT2D eigenvalue weighted by Crippen LogP contribution is -2.58. The third kappa shape index (κ3) is 4.20. The van der Waals surface area contributed by atoms with E-state index in [1.54, 1.807) is 35.2 Å². The fraction of sp³-hybridized carbons (Fsp3) is 0.263. The summed E-state index contributed by atoms with van der Waals surface area (Å²) in [6, 6.07) is 14.0. The van der Waals surface area contributed by atoms with E-state index in [0.29, 0.717) is 5.69 Å². The number of benzene rings is 2. The van der Waals surface area contributed by atoms with E-state index in [9.17, 15) is 24.8 Å². The van der Waals surface area contributed by atoms with E-state index in [1.165, 1.54) is 6.07 Å². The highest BCUT2D eigenvalue weighted by molar-refractivity contribution is 5.82. The molecule has 0 aromatic heterocycles. The number of nitrogens with zero attached hydrogens (tertiary/aromatic N) is 3. The number of hydrogen-bond acceptors (Lipinski definition) is 6. The Bertz CT molecular complexity index is 873. The van der Waals surface area contributed by atoms with E-state index in [-0.39, 0.29) is 31.9 Å². The fourth-order valence-electron chi connectivity index (χ4n) is 3.12. The summed E-state index contributed by atoms with van der Waals surface area (Å²) in [6.45, 7) is 0.308. The molecule has 0 spiro atoms. The van der Waals surface area contributed by atoms with Gasteiger partial charge in [-0.1, -0.05) is 42.5 Å². The maximum absolute atomic E-state index is 12.4. The summed E-state index contributed by atoms with van der Waals surface area (Å²) in [7, 11) is 0. The van der Waals surface area contributed by atoms with Gasteiger partial charge in [0.05, 0.1) is 4.92 Å². The van der Waals surface area contributed by atoms with Crippen molar-refractivity contribution < 1.29 is 24.4 Å². The van der Waals surface area contributed by atoms with Crippen molar-refractivity contribution in [3.05, 3.63) is 70.3 Å². The van der Waals surface area contributed by atoms with Crippen LogP contribution in [0.1, 0.15) is 5.56 Å². The number of carboxylic acids is 1. The maximum atomic E-state index is 12.4. The average molecular weight is 385 g/mol. The van der Waals surface area contributed by atoms with Crippen LogP contribution in [0.25, 0.3) is 0 Å². The number of para-hydroxylation sites is 2. The first-order valence-corrected chi connectivity index (χ1v) is 8.66. The van der Waals surface area contributed by atoms with Gasteiger partial charge in [0.2, 0.25) is 0 Å². The summed E-state index contributed by atoms with van der Waals surface area (Å²) in [5.74, 6) is -1.19. The first kappa shape index (κ1) is 19.2. The van der Waals surface area contributed by atoms with Crippen LogP contribution in [0.4, 0.5) is 16.2 Å². The molecule has 1 unspecified atom stereocenters. The van der Waals surface area contributed by atoms with Crippen molar-refractivity contribution in [2.75, 3.05) is 24.5 Å². The predicted molar refractivity (Wildman–Crippen MR) is 100 cm³/mol. The van der Waals surface area contributed by atoms with Gasteiger partial charge in [-0.3, -0.25) is 15.0 Å². The molecule has 1 fully saturated rings. The van der Waals surface area contributed by atoms with Crippen LogP contribution in [-0.2, 0) is 16.1 Å². The number of carbonyl (C=O) groups is 2. The van der Waals surface area contributed by atoms with E-state index in [2.05, 4.69) is 0 Å². The predicted octanol–water partition coefficient (Wildman–Crippen LogP) is 2.51. The molecule has 0 bridgehead atoms. The number of ether oxygens (including phenoxy) is 1. The minimum Gasteiger partial charge on any atom is -0.480 e. The fourth-order valence-corrected chi connectivity index (χ4v) is 3.12. The quantitative estimate of drug-likeness (QED) is 0.621. The second-order valence-electron chi connectivity index (χ2n) is 6.28. The van der Waals surface area contributed by atoms with E-state index in [0.717, 1.165) is 10.5 Å².